The van der Waals surface area contributed by atoms with Crippen molar-refractivity contribution < 1.29 is 18.0 Å². The van der Waals surface area contributed by atoms with E-state index in [1.165, 1.54) is 6.20 Å². The lowest BCUT2D eigenvalue weighted by molar-refractivity contribution is -0.165. The number of carbonyl (C=O) groups is 1. The number of nitrogens with two attached hydrogens (primary N) is 1. The molecule has 1 aromatic rings. The molecule has 7 heteroatoms. The zero-order chi connectivity index (χ0) is 16.6. The quantitative estimate of drug-likeness (QED) is 0.561. The summed E-state index contributed by atoms with van der Waals surface area (Å²) in [7, 11) is 0. The van der Waals surface area contributed by atoms with E-state index in [2.05, 4.69) is 10.3 Å². The number of anilines is 2. The third-order valence-corrected chi connectivity index (χ3v) is 3.02. The minimum absolute atomic E-state index is 0.168. The average Bonchev–Trinajstić information content (AvgIpc) is 2.44. The van der Waals surface area contributed by atoms with Gasteiger partial charge in [0, 0.05) is 18.0 Å². The topological polar surface area (TPSA) is 68.0 Å². The van der Waals surface area contributed by atoms with Crippen LogP contribution in [0.15, 0.2) is 30.1 Å². The molecule has 1 rings (SSSR count). The van der Waals surface area contributed by atoms with Crippen LogP contribution in [-0.4, -0.2) is 16.9 Å². The molecule has 3 N–H and O–H groups in total. The molecule has 1 heterocycles. The van der Waals surface area contributed by atoms with Gasteiger partial charge in [0.1, 0.15) is 5.82 Å². The summed E-state index contributed by atoms with van der Waals surface area (Å²) in [6.45, 7) is 2.04. The molecule has 0 aliphatic heterocycles. The van der Waals surface area contributed by atoms with Crippen LogP contribution >= 0.6 is 0 Å². The van der Waals surface area contributed by atoms with Crippen molar-refractivity contribution >= 4 is 17.3 Å². The number of hydrogen-bond acceptors (Lipinski definition) is 4. The molecule has 0 aromatic carbocycles. The Morgan fingerprint density at radius 1 is 1.36 bits per heavy atom. The maximum absolute atomic E-state index is 12.4. The largest absolute Gasteiger partial charge is 0.454 e. The van der Waals surface area contributed by atoms with E-state index in [4.69, 9.17) is 5.73 Å². The van der Waals surface area contributed by atoms with Gasteiger partial charge < -0.3 is 11.1 Å². The molecule has 22 heavy (non-hydrogen) atoms. The van der Waals surface area contributed by atoms with Gasteiger partial charge in [-0.1, -0.05) is 26.2 Å². The summed E-state index contributed by atoms with van der Waals surface area (Å²) in [6, 6.07) is 3.21. The normalized spacial score (nSPS) is 12.3. The summed E-state index contributed by atoms with van der Waals surface area (Å²) in [5.74, 6) is -1.71. The molecule has 122 valence electrons. The Labute approximate surface area is 127 Å². The highest BCUT2D eigenvalue weighted by atomic mass is 19.4. The second-order valence-electron chi connectivity index (χ2n) is 4.90. The zero-order valence-corrected chi connectivity index (χ0v) is 12.4. The van der Waals surface area contributed by atoms with Gasteiger partial charge in [0.25, 0.3) is 5.78 Å². The molecule has 0 bridgehead atoms. The van der Waals surface area contributed by atoms with Crippen LogP contribution in [0, 0.1) is 0 Å². The number of hydrogen-bond donors (Lipinski definition) is 2. The zero-order valence-electron chi connectivity index (χ0n) is 12.4. The Kier molecular flexibility index (Phi) is 6.88. The highest BCUT2D eigenvalue weighted by molar-refractivity contribution is 5.95. The van der Waals surface area contributed by atoms with E-state index >= 15 is 0 Å². The van der Waals surface area contributed by atoms with Crippen molar-refractivity contribution in [3.05, 3.63) is 30.1 Å². The molecular weight excluding hydrogens is 295 g/mol. The summed E-state index contributed by atoms with van der Waals surface area (Å²) >= 11 is 0. The van der Waals surface area contributed by atoms with Crippen LogP contribution in [0.5, 0.6) is 0 Å². The number of carbonyl (C=O) groups excluding carboxylic acids is 1. The Balaban J connectivity index is 2.84. The molecule has 1 aromatic heterocycles. The van der Waals surface area contributed by atoms with Crippen LogP contribution in [0.4, 0.5) is 24.7 Å². The molecule has 0 saturated heterocycles. The fraction of sp³-hybridized carbons (Fsp3) is 0.467. The summed E-state index contributed by atoms with van der Waals surface area (Å²) in [6.07, 6.45) is 1.13. The second kappa shape index (κ2) is 8.41. The van der Waals surface area contributed by atoms with E-state index in [0.717, 1.165) is 19.3 Å². The molecule has 0 amide bonds. The lowest BCUT2D eigenvalue weighted by Crippen LogP contribution is -2.21. The van der Waals surface area contributed by atoms with Crippen molar-refractivity contribution in [1.29, 1.82) is 0 Å². The molecule has 0 aliphatic carbocycles. The van der Waals surface area contributed by atoms with Gasteiger partial charge >= 0.3 is 6.18 Å². The van der Waals surface area contributed by atoms with Crippen molar-refractivity contribution in [2.75, 3.05) is 11.1 Å². The number of rotatable bonds is 8. The number of ketones is 1. The SMILES string of the molecule is CCCCCC/C(=C\C(=O)C(F)(F)F)Nc1cccnc1N. The van der Waals surface area contributed by atoms with Crippen LogP contribution in [0.1, 0.15) is 39.0 Å². The Morgan fingerprint density at radius 2 is 2.09 bits per heavy atom. The van der Waals surface area contributed by atoms with E-state index in [9.17, 15) is 18.0 Å². The van der Waals surface area contributed by atoms with Gasteiger partial charge in [-0.25, -0.2) is 4.98 Å². The maximum Gasteiger partial charge on any atom is 0.454 e. The number of alkyl halides is 3. The number of halogens is 3. The first-order valence-corrected chi connectivity index (χ1v) is 7.13. The standard InChI is InChI=1S/C15H20F3N3O/c1-2-3-4-5-7-11(10-13(22)15(16,17)18)21-12-8-6-9-20-14(12)19/h6,8-10,21H,2-5,7H2,1H3,(H2,19,20)/b11-10+. The van der Waals surface area contributed by atoms with E-state index in [1.807, 2.05) is 6.92 Å². The van der Waals surface area contributed by atoms with Crippen LogP contribution < -0.4 is 11.1 Å². The Hall–Kier alpha value is -2.05. The van der Waals surface area contributed by atoms with Gasteiger partial charge in [-0.2, -0.15) is 13.2 Å². The highest BCUT2D eigenvalue weighted by Crippen LogP contribution is 2.22. The minimum Gasteiger partial charge on any atom is -0.382 e. The minimum atomic E-state index is -4.88. The van der Waals surface area contributed by atoms with E-state index in [1.54, 1.807) is 12.1 Å². The highest BCUT2D eigenvalue weighted by Gasteiger charge is 2.36. The molecular formula is C15H20F3N3O. The monoisotopic (exact) mass is 315 g/mol. The van der Waals surface area contributed by atoms with E-state index in [-0.39, 0.29) is 11.5 Å². The lowest BCUT2D eigenvalue weighted by atomic mass is 10.1. The number of nitrogens with one attached hydrogen (secondary N) is 1. The molecule has 0 aliphatic rings. The predicted molar refractivity (Wildman–Crippen MR) is 80.2 cm³/mol. The molecule has 0 fully saturated rings. The van der Waals surface area contributed by atoms with Crippen molar-refractivity contribution in [3.8, 4) is 0 Å². The molecule has 0 atom stereocenters. The predicted octanol–water partition coefficient (Wildman–Crippen LogP) is 4.06. The number of nitrogen functional groups attached to an aromatic ring is 1. The van der Waals surface area contributed by atoms with Gasteiger partial charge in [0.15, 0.2) is 0 Å². The number of unbranched alkanes of at least 4 members (excludes halogenated alkanes) is 3. The molecule has 4 nitrogen and oxygen atoms in total. The molecule has 0 unspecified atom stereocenters. The lowest BCUT2D eigenvalue weighted by Gasteiger charge is -2.13. The number of aromatic nitrogens is 1. The smallest absolute Gasteiger partial charge is 0.382 e. The summed E-state index contributed by atoms with van der Waals surface area (Å²) < 4.78 is 37.2. The molecule has 0 radical (unpaired) electrons. The summed E-state index contributed by atoms with van der Waals surface area (Å²) in [5, 5.41) is 2.78. The van der Waals surface area contributed by atoms with Crippen molar-refractivity contribution in [1.82, 2.24) is 4.98 Å². The second-order valence-corrected chi connectivity index (χ2v) is 4.90. The van der Waals surface area contributed by atoms with Gasteiger partial charge in [-0.3, -0.25) is 4.79 Å². The molecule has 0 spiro atoms. The number of allylic oxidation sites excluding steroid dienone is 2. The Morgan fingerprint density at radius 3 is 2.68 bits per heavy atom. The summed E-state index contributed by atoms with van der Waals surface area (Å²) in [4.78, 5) is 15.0. The third kappa shape index (κ3) is 6.15. The van der Waals surface area contributed by atoms with Crippen LogP contribution in [-0.2, 0) is 4.79 Å². The first-order valence-electron chi connectivity index (χ1n) is 7.13. The van der Waals surface area contributed by atoms with Crippen LogP contribution in [0.3, 0.4) is 0 Å². The maximum atomic E-state index is 12.4. The first-order chi connectivity index (χ1) is 10.3. The van der Waals surface area contributed by atoms with Crippen LogP contribution in [0.2, 0.25) is 0 Å². The van der Waals surface area contributed by atoms with Gasteiger partial charge in [0.2, 0.25) is 0 Å². The fourth-order valence-electron chi connectivity index (χ4n) is 1.85. The van der Waals surface area contributed by atoms with Gasteiger partial charge in [-0.05, 0) is 25.0 Å². The van der Waals surface area contributed by atoms with Crippen molar-refractivity contribution in [2.45, 2.75) is 45.2 Å². The number of nitrogens with zero attached hydrogens (tertiary/aromatic N) is 1. The van der Waals surface area contributed by atoms with E-state index < -0.39 is 12.0 Å². The van der Waals surface area contributed by atoms with E-state index in [0.29, 0.717) is 24.6 Å². The van der Waals surface area contributed by atoms with Gasteiger partial charge in [-0.15, -0.1) is 0 Å². The van der Waals surface area contributed by atoms with Gasteiger partial charge in [0.05, 0.1) is 5.69 Å². The van der Waals surface area contributed by atoms with Crippen molar-refractivity contribution in [3.63, 3.8) is 0 Å². The average molecular weight is 315 g/mol. The van der Waals surface area contributed by atoms with Crippen molar-refractivity contribution in [2.24, 2.45) is 0 Å². The fourth-order valence-corrected chi connectivity index (χ4v) is 1.85. The summed E-state index contributed by atoms with van der Waals surface area (Å²) in [5.41, 5.74) is 6.23. The Bertz CT molecular complexity index is 527. The molecule has 0 saturated carbocycles. The number of pyridine rings is 1. The van der Waals surface area contributed by atoms with Crippen LogP contribution in [0.25, 0.3) is 0 Å². The first kappa shape index (κ1) is 18.0. The third-order valence-electron chi connectivity index (χ3n) is 3.02.